The van der Waals surface area contributed by atoms with E-state index in [4.69, 9.17) is 4.74 Å². The van der Waals surface area contributed by atoms with Gasteiger partial charge in [0.1, 0.15) is 11.5 Å². The van der Waals surface area contributed by atoms with Gasteiger partial charge in [0.15, 0.2) is 0 Å². The Morgan fingerprint density at radius 3 is 2.02 bits per heavy atom. The molecule has 2 nitrogen and oxygen atoms in total. The molecular formula is C43H35NO. The van der Waals surface area contributed by atoms with Crippen molar-refractivity contribution in [2.24, 2.45) is 0 Å². The van der Waals surface area contributed by atoms with Crippen molar-refractivity contribution in [3.63, 3.8) is 0 Å². The largest absolute Gasteiger partial charge is 0.457 e. The molecule has 45 heavy (non-hydrogen) atoms. The van der Waals surface area contributed by atoms with Gasteiger partial charge in [-0.1, -0.05) is 117 Å². The van der Waals surface area contributed by atoms with Crippen molar-refractivity contribution >= 4 is 33.4 Å². The standard InChI is InChI=1S/C43H35NO/c1-43(2)38-16-8-9-18-41(38)45-42-28-23-34(29-39(42)43)32-21-26-36(27-22-32)44(40-17-10-14-33-13-6-7-15-37(33)40)35-24-19-31(20-25-35)30-11-4-3-5-12-30/h4,6-29H,3,5H2,1-2H3. The third-order valence-electron chi connectivity index (χ3n) is 9.35. The molecule has 0 saturated heterocycles. The summed E-state index contributed by atoms with van der Waals surface area (Å²) in [7, 11) is 0. The summed E-state index contributed by atoms with van der Waals surface area (Å²) in [5.41, 5.74) is 10.6. The SMILES string of the molecule is CC1(C)c2ccccc2Oc2ccc(-c3ccc(N(c4ccc(C5=CCCC=C5)cc4)c4cccc5ccccc45)cc3)cc21. The summed E-state index contributed by atoms with van der Waals surface area (Å²) in [4.78, 5) is 2.38. The number of rotatable bonds is 5. The van der Waals surface area contributed by atoms with Crippen LogP contribution in [0.25, 0.3) is 27.5 Å². The average molecular weight is 582 g/mol. The molecule has 218 valence electrons. The average Bonchev–Trinajstić information content (AvgIpc) is 3.10. The van der Waals surface area contributed by atoms with Gasteiger partial charge in [-0.25, -0.2) is 0 Å². The van der Waals surface area contributed by atoms with Crippen LogP contribution < -0.4 is 9.64 Å². The molecule has 0 amide bonds. The Balaban J connectivity index is 1.19. The second-order valence-corrected chi connectivity index (χ2v) is 12.5. The van der Waals surface area contributed by atoms with Gasteiger partial charge < -0.3 is 9.64 Å². The molecule has 0 saturated carbocycles. The first kappa shape index (κ1) is 27.2. The third-order valence-corrected chi connectivity index (χ3v) is 9.35. The van der Waals surface area contributed by atoms with Gasteiger partial charge in [0.05, 0.1) is 5.69 Å². The van der Waals surface area contributed by atoms with Crippen LogP contribution in [0.3, 0.4) is 0 Å². The number of hydrogen-bond donors (Lipinski definition) is 0. The highest BCUT2D eigenvalue weighted by molar-refractivity contribution is 5.99. The lowest BCUT2D eigenvalue weighted by Crippen LogP contribution is -2.24. The zero-order chi connectivity index (χ0) is 30.4. The molecular weight excluding hydrogens is 546 g/mol. The maximum atomic E-state index is 6.32. The topological polar surface area (TPSA) is 12.5 Å². The second-order valence-electron chi connectivity index (χ2n) is 12.5. The Hall–Kier alpha value is -5.34. The molecule has 1 aliphatic heterocycles. The number of nitrogens with zero attached hydrogens (tertiary/aromatic N) is 1. The van der Waals surface area contributed by atoms with Crippen molar-refractivity contribution in [2.45, 2.75) is 32.1 Å². The predicted molar refractivity (Wildman–Crippen MR) is 189 cm³/mol. The number of hydrogen-bond acceptors (Lipinski definition) is 2. The summed E-state index contributed by atoms with van der Waals surface area (Å²) in [6.07, 6.45) is 9.07. The zero-order valence-corrected chi connectivity index (χ0v) is 25.7. The second kappa shape index (κ2) is 11.0. The van der Waals surface area contributed by atoms with E-state index in [1.165, 1.54) is 44.2 Å². The van der Waals surface area contributed by atoms with Gasteiger partial charge in [0.2, 0.25) is 0 Å². The molecule has 8 rings (SSSR count). The van der Waals surface area contributed by atoms with Gasteiger partial charge in [-0.05, 0) is 89.0 Å². The maximum absolute atomic E-state index is 6.32. The Labute approximate surface area is 265 Å². The first-order valence-corrected chi connectivity index (χ1v) is 15.8. The van der Waals surface area contributed by atoms with Crippen LogP contribution in [0.4, 0.5) is 17.1 Å². The summed E-state index contributed by atoms with van der Waals surface area (Å²) < 4.78 is 6.32. The summed E-state index contributed by atoms with van der Waals surface area (Å²) >= 11 is 0. The first-order valence-electron chi connectivity index (χ1n) is 15.8. The van der Waals surface area contributed by atoms with E-state index in [9.17, 15) is 0 Å². The van der Waals surface area contributed by atoms with Gasteiger partial charge >= 0.3 is 0 Å². The highest BCUT2D eigenvalue weighted by atomic mass is 16.5. The van der Waals surface area contributed by atoms with Crippen LogP contribution in [0, 0.1) is 0 Å². The van der Waals surface area contributed by atoms with Crippen molar-refractivity contribution < 1.29 is 4.74 Å². The molecule has 0 spiro atoms. The lowest BCUT2D eigenvalue weighted by Gasteiger charge is -2.34. The molecule has 6 aromatic rings. The number of anilines is 3. The van der Waals surface area contributed by atoms with E-state index in [0.717, 1.165) is 41.4 Å². The molecule has 0 N–H and O–H groups in total. The lowest BCUT2D eigenvalue weighted by atomic mass is 9.75. The van der Waals surface area contributed by atoms with Gasteiger partial charge in [-0.15, -0.1) is 0 Å². The van der Waals surface area contributed by atoms with Crippen molar-refractivity contribution in [1.29, 1.82) is 0 Å². The third kappa shape index (κ3) is 4.84. The van der Waals surface area contributed by atoms with Crippen LogP contribution >= 0.6 is 0 Å². The van der Waals surface area contributed by atoms with E-state index in [0.29, 0.717) is 0 Å². The highest BCUT2D eigenvalue weighted by Gasteiger charge is 2.34. The number of ether oxygens (including phenoxy) is 1. The Bertz CT molecular complexity index is 2090. The van der Waals surface area contributed by atoms with Crippen molar-refractivity contribution in [3.8, 4) is 22.6 Å². The van der Waals surface area contributed by atoms with Crippen LogP contribution in [0.1, 0.15) is 43.4 Å². The molecule has 0 unspecified atom stereocenters. The Morgan fingerprint density at radius 1 is 0.578 bits per heavy atom. The van der Waals surface area contributed by atoms with E-state index < -0.39 is 0 Å². The van der Waals surface area contributed by atoms with E-state index in [1.54, 1.807) is 0 Å². The quantitative estimate of drug-likeness (QED) is 0.201. The summed E-state index contributed by atoms with van der Waals surface area (Å²) in [6, 6.07) is 48.1. The molecule has 0 fully saturated rings. The molecule has 0 bridgehead atoms. The minimum absolute atomic E-state index is 0.152. The molecule has 1 aliphatic carbocycles. The monoisotopic (exact) mass is 581 g/mol. The number of allylic oxidation sites excluding steroid dienone is 4. The molecule has 0 radical (unpaired) electrons. The summed E-state index contributed by atoms with van der Waals surface area (Å²) in [6.45, 7) is 4.57. The number of benzene rings is 6. The fourth-order valence-electron chi connectivity index (χ4n) is 6.89. The van der Waals surface area contributed by atoms with Crippen molar-refractivity contribution in [1.82, 2.24) is 0 Å². The fourth-order valence-corrected chi connectivity index (χ4v) is 6.89. The number of fused-ring (bicyclic) bond motifs is 3. The van der Waals surface area contributed by atoms with Crippen LogP contribution in [-0.4, -0.2) is 0 Å². The van der Waals surface area contributed by atoms with Gasteiger partial charge in [-0.2, -0.15) is 0 Å². The molecule has 6 aromatic carbocycles. The zero-order valence-electron chi connectivity index (χ0n) is 25.7. The maximum Gasteiger partial charge on any atom is 0.131 e. The molecule has 1 heterocycles. The smallest absolute Gasteiger partial charge is 0.131 e. The van der Waals surface area contributed by atoms with E-state index in [1.807, 2.05) is 6.07 Å². The molecule has 2 heteroatoms. The van der Waals surface area contributed by atoms with Crippen LogP contribution in [-0.2, 0) is 5.41 Å². The van der Waals surface area contributed by atoms with E-state index in [-0.39, 0.29) is 5.41 Å². The highest BCUT2D eigenvalue weighted by Crippen LogP contribution is 2.49. The molecule has 2 aliphatic rings. The first-order chi connectivity index (χ1) is 22.1. The van der Waals surface area contributed by atoms with Crippen LogP contribution in [0.15, 0.2) is 152 Å². The van der Waals surface area contributed by atoms with Crippen molar-refractivity contribution in [3.05, 3.63) is 168 Å². The number of para-hydroxylation sites is 1. The Morgan fingerprint density at radius 2 is 1.24 bits per heavy atom. The van der Waals surface area contributed by atoms with Crippen LogP contribution in [0.5, 0.6) is 11.5 Å². The lowest BCUT2D eigenvalue weighted by molar-refractivity contribution is 0.418. The predicted octanol–water partition coefficient (Wildman–Crippen LogP) is 12.1. The fraction of sp³-hybridized carbons (Fsp3) is 0.116. The van der Waals surface area contributed by atoms with Crippen LogP contribution in [0.2, 0.25) is 0 Å². The molecule has 0 aromatic heterocycles. The van der Waals surface area contributed by atoms with Gasteiger partial charge in [0, 0.05) is 33.3 Å². The summed E-state index contributed by atoms with van der Waals surface area (Å²) in [5.74, 6) is 1.88. The van der Waals surface area contributed by atoms with E-state index in [2.05, 4.69) is 164 Å². The Kier molecular flexibility index (Phi) is 6.64. The molecule has 0 atom stereocenters. The minimum atomic E-state index is -0.152. The van der Waals surface area contributed by atoms with E-state index >= 15 is 0 Å². The summed E-state index contributed by atoms with van der Waals surface area (Å²) in [5, 5.41) is 2.45. The van der Waals surface area contributed by atoms with Crippen molar-refractivity contribution in [2.75, 3.05) is 4.90 Å². The normalized spacial score (nSPS) is 14.7. The minimum Gasteiger partial charge on any atom is -0.457 e. The van der Waals surface area contributed by atoms with Gasteiger partial charge in [-0.3, -0.25) is 0 Å². The van der Waals surface area contributed by atoms with Gasteiger partial charge in [0.25, 0.3) is 0 Å².